The molecule has 0 bridgehead atoms. The van der Waals surface area contributed by atoms with E-state index in [1.165, 1.54) is 24.5 Å². The van der Waals surface area contributed by atoms with Gasteiger partial charge in [-0.15, -0.1) is 0 Å². The Hall–Kier alpha value is -3.19. The Labute approximate surface area is 212 Å². The summed E-state index contributed by atoms with van der Waals surface area (Å²) < 4.78 is 97.1. The first-order valence-electron chi connectivity index (χ1n) is 9.70. The van der Waals surface area contributed by atoms with Crippen molar-refractivity contribution in [1.82, 2.24) is 15.4 Å². The SMILES string of the molecule is O=C(NNc1ncccn1)c1ccc(/C(F)=C/C(c2cc(Cl)cc(Br)c2)C(F)(F)F)cc1C(F)(F)F. The zero-order valence-electron chi connectivity index (χ0n) is 17.6. The van der Waals surface area contributed by atoms with Crippen molar-refractivity contribution >= 4 is 45.2 Å². The number of nitrogens with zero attached hydrogens (tertiary/aromatic N) is 2. The summed E-state index contributed by atoms with van der Waals surface area (Å²) in [5.41, 5.74) is 0.471. The van der Waals surface area contributed by atoms with Crippen molar-refractivity contribution in [3.63, 3.8) is 0 Å². The highest BCUT2D eigenvalue weighted by atomic mass is 79.9. The highest BCUT2D eigenvalue weighted by Gasteiger charge is 2.40. The zero-order valence-corrected chi connectivity index (χ0v) is 19.9. The Morgan fingerprint density at radius 3 is 2.28 bits per heavy atom. The summed E-state index contributed by atoms with van der Waals surface area (Å²) in [6, 6.07) is 6.46. The molecule has 3 aromatic rings. The summed E-state index contributed by atoms with van der Waals surface area (Å²) in [5.74, 6) is -5.47. The fourth-order valence-corrected chi connectivity index (χ4v) is 3.93. The molecule has 36 heavy (non-hydrogen) atoms. The largest absolute Gasteiger partial charge is 0.417 e. The maximum atomic E-state index is 14.9. The molecule has 3 rings (SSSR count). The summed E-state index contributed by atoms with van der Waals surface area (Å²) in [7, 11) is 0. The average molecular weight is 598 g/mol. The van der Waals surface area contributed by atoms with E-state index in [9.17, 15) is 35.5 Å². The van der Waals surface area contributed by atoms with Gasteiger partial charge in [0.15, 0.2) is 0 Å². The van der Waals surface area contributed by atoms with Gasteiger partial charge in [0.25, 0.3) is 5.91 Å². The maximum Gasteiger partial charge on any atom is 0.417 e. The molecule has 1 heterocycles. The number of amides is 1. The molecule has 190 valence electrons. The first-order valence-corrected chi connectivity index (χ1v) is 10.9. The third-order valence-corrected chi connectivity index (χ3v) is 5.28. The Bertz CT molecular complexity index is 1260. The minimum Gasteiger partial charge on any atom is -0.267 e. The topological polar surface area (TPSA) is 66.9 Å². The van der Waals surface area contributed by atoms with Crippen LogP contribution in [0.25, 0.3) is 5.83 Å². The van der Waals surface area contributed by atoms with Gasteiger partial charge in [-0.1, -0.05) is 33.6 Å². The average Bonchev–Trinajstić information content (AvgIpc) is 2.79. The van der Waals surface area contributed by atoms with Gasteiger partial charge in [0.1, 0.15) is 11.7 Å². The fraction of sp³-hybridized carbons (Fsp3) is 0.136. The van der Waals surface area contributed by atoms with Crippen molar-refractivity contribution < 1.29 is 35.5 Å². The number of hydrazine groups is 1. The van der Waals surface area contributed by atoms with Crippen LogP contribution in [-0.4, -0.2) is 22.1 Å². The van der Waals surface area contributed by atoms with E-state index in [1.54, 1.807) is 0 Å². The van der Waals surface area contributed by atoms with Gasteiger partial charge < -0.3 is 0 Å². The number of carbonyl (C=O) groups excluding carboxylic acids is 1. The number of hydrogen-bond donors (Lipinski definition) is 2. The van der Waals surface area contributed by atoms with Crippen LogP contribution in [0.2, 0.25) is 5.02 Å². The van der Waals surface area contributed by atoms with Gasteiger partial charge in [0, 0.05) is 27.5 Å². The van der Waals surface area contributed by atoms with E-state index in [-0.39, 0.29) is 27.6 Å². The van der Waals surface area contributed by atoms with Crippen LogP contribution in [0.5, 0.6) is 0 Å². The molecule has 0 saturated carbocycles. The first kappa shape index (κ1) is 27.4. The van der Waals surface area contributed by atoms with E-state index in [1.807, 2.05) is 5.43 Å². The number of carbonyl (C=O) groups is 1. The predicted molar refractivity (Wildman–Crippen MR) is 122 cm³/mol. The minimum atomic E-state index is -5.13. The zero-order chi connectivity index (χ0) is 26.7. The van der Waals surface area contributed by atoms with Gasteiger partial charge in [-0.3, -0.25) is 15.6 Å². The van der Waals surface area contributed by atoms with Crippen molar-refractivity contribution in [2.75, 3.05) is 5.43 Å². The molecule has 0 aliphatic carbocycles. The highest BCUT2D eigenvalue weighted by molar-refractivity contribution is 9.10. The Kier molecular flexibility index (Phi) is 8.24. The Morgan fingerprint density at radius 2 is 1.69 bits per heavy atom. The predicted octanol–water partition coefficient (Wildman–Crippen LogP) is 7.32. The number of anilines is 1. The number of alkyl halides is 6. The molecule has 0 fully saturated rings. The molecule has 5 nitrogen and oxygen atoms in total. The van der Waals surface area contributed by atoms with Gasteiger partial charge in [0.2, 0.25) is 5.95 Å². The summed E-state index contributed by atoms with van der Waals surface area (Å²) in [6.45, 7) is 0. The minimum absolute atomic E-state index is 0.0633. The van der Waals surface area contributed by atoms with Crippen LogP contribution in [0, 0.1) is 0 Å². The fourth-order valence-electron chi connectivity index (χ4n) is 3.05. The van der Waals surface area contributed by atoms with Crippen molar-refractivity contribution in [1.29, 1.82) is 0 Å². The molecule has 2 N–H and O–H groups in total. The number of aromatic nitrogens is 2. The number of benzene rings is 2. The van der Waals surface area contributed by atoms with Gasteiger partial charge in [-0.25, -0.2) is 14.4 Å². The summed E-state index contributed by atoms with van der Waals surface area (Å²) in [5, 5.41) is -0.0633. The van der Waals surface area contributed by atoms with Gasteiger partial charge in [-0.05, 0) is 48.0 Å². The monoisotopic (exact) mass is 596 g/mol. The van der Waals surface area contributed by atoms with Crippen LogP contribution >= 0.6 is 27.5 Å². The lowest BCUT2D eigenvalue weighted by Crippen LogP contribution is -2.32. The summed E-state index contributed by atoms with van der Waals surface area (Å²) >= 11 is 8.79. The van der Waals surface area contributed by atoms with Crippen LogP contribution in [0.1, 0.15) is 33.0 Å². The van der Waals surface area contributed by atoms with Crippen LogP contribution in [0.15, 0.2) is 65.4 Å². The molecule has 1 atom stereocenters. The quantitative estimate of drug-likeness (QED) is 0.231. The second kappa shape index (κ2) is 10.8. The second-order valence-electron chi connectivity index (χ2n) is 7.15. The van der Waals surface area contributed by atoms with Gasteiger partial charge in [0.05, 0.1) is 11.1 Å². The molecular weight excluding hydrogens is 585 g/mol. The molecule has 0 saturated heterocycles. The lowest BCUT2D eigenvalue weighted by Gasteiger charge is -2.19. The van der Waals surface area contributed by atoms with E-state index < -0.39 is 52.3 Å². The van der Waals surface area contributed by atoms with Crippen LogP contribution < -0.4 is 10.9 Å². The van der Waals surface area contributed by atoms with Crippen LogP contribution in [0.3, 0.4) is 0 Å². The normalized spacial score (nSPS) is 13.3. The van der Waals surface area contributed by atoms with Gasteiger partial charge >= 0.3 is 12.4 Å². The molecule has 0 spiro atoms. The molecule has 1 aromatic heterocycles. The number of hydrogen-bond acceptors (Lipinski definition) is 4. The smallest absolute Gasteiger partial charge is 0.267 e. The molecule has 0 radical (unpaired) electrons. The van der Waals surface area contributed by atoms with E-state index >= 15 is 0 Å². The maximum absolute atomic E-state index is 14.9. The van der Waals surface area contributed by atoms with Crippen molar-refractivity contribution in [3.05, 3.63) is 92.7 Å². The van der Waals surface area contributed by atoms with E-state index in [2.05, 4.69) is 31.3 Å². The molecule has 14 heteroatoms. The van der Waals surface area contributed by atoms with Crippen molar-refractivity contribution in [2.24, 2.45) is 0 Å². The number of nitrogens with one attached hydrogen (secondary N) is 2. The molecule has 1 unspecified atom stereocenters. The molecule has 0 aliphatic rings. The van der Waals surface area contributed by atoms with Gasteiger partial charge in [-0.2, -0.15) is 26.3 Å². The Morgan fingerprint density at radius 1 is 1.03 bits per heavy atom. The number of allylic oxidation sites excluding steroid dienone is 1. The van der Waals surface area contributed by atoms with E-state index in [4.69, 9.17) is 11.6 Å². The Balaban J connectivity index is 1.97. The number of halogens is 9. The second-order valence-corrected chi connectivity index (χ2v) is 8.50. The molecular formula is C22H13BrClF7N4O. The molecule has 1 amide bonds. The van der Waals surface area contributed by atoms with Crippen molar-refractivity contribution in [3.8, 4) is 0 Å². The van der Waals surface area contributed by atoms with E-state index in [0.29, 0.717) is 6.07 Å². The highest BCUT2D eigenvalue weighted by Crippen LogP contribution is 2.41. The lowest BCUT2D eigenvalue weighted by atomic mass is 9.95. The third-order valence-electron chi connectivity index (χ3n) is 4.61. The standard InChI is InChI=1S/C22H13BrClF7N4O/c23-13-6-12(7-14(24)9-13)16(21(26,27)28)10-18(25)11-2-3-15(17(8-11)22(29,30)31)19(36)34-35-20-32-4-1-5-33-20/h1-10,16H,(H,34,36)(H,32,33,35)/b18-10-. The lowest BCUT2D eigenvalue weighted by molar-refractivity contribution is -0.140. The summed E-state index contributed by atoms with van der Waals surface area (Å²) in [4.78, 5) is 19.8. The summed E-state index contributed by atoms with van der Waals surface area (Å²) in [6.07, 6.45) is -7.36. The van der Waals surface area contributed by atoms with Crippen LogP contribution in [-0.2, 0) is 6.18 Å². The van der Waals surface area contributed by atoms with Crippen LogP contribution in [0.4, 0.5) is 36.7 Å². The molecule has 2 aromatic carbocycles. The third kappa shape index (κ3) is 6.94. The van der Waals surface area contributed by atoms with E-state index in [0.717, 1.165) is 18.2 Å². The van der Waals surface area contributed by atoms with Crippen molar-refractivity contribution in [2.45, 2.75) is 18.3 Å². The molecule has 0 aliphatic heterocycles. The first-order chi connectivity index (χ1) is 16.8. The number of rotatable bonds is 6.